The monoisotopic (exact) mass is 316 g/mol. The minimum Gasteiger partial charge on any atom is -0.393 e. The molecule has 0 bridgehead atoms. The van der Waals surface area contributed by atoms with Crippen molar-refractivity contribution in [3.8, 4) is 0 Å². The molecule has 0 spiro atoms. The number of rotatable bonds is 1. The molecule has 2 nitrogen and oxygen atoms in total. The topological polar surface area (TPSA) is 40.5 Å². The molecule has 2 unspecified atom stereocenters. The van der Waals surface area contributed by atoms with Gasteiger partial charge in [0.2, 0.25) is 0 Å². The molecule has 0 aromatic heterocycles. The molecule has 2 N–H and O–H groups in total. The fourth-order valence-corrected chi connectivity index (χ4v) is 7.03. The summed E-state index contributed by atoms with van der Waals surface area (Å²) in [5.41, 5.74) is 1.15. The van der Waals surface area contributed by atoms with Crippen molar-refractivity contribution in [3.05, 3.63) is 24.3 Å². The van der Waals surface area contributed by atoms with E-state index < -0.39 is 5.60 Å². The fourth-order valence-electron chi connectivity index (χ4n) is 7.03. The van der Waals surface area contributed by atoms with Crippen LogP contribution in [0.15, 0.2) is 24.3 Å². The third-order valence-corrected chi connectivity index (χ3v) is 8.63. The Morgan fingerprint density at radius 2 is 1.87 bits per heavy atom. The second kappa shape index (κ2) is 4.95. The van der Waals surface area contributed by atoms with Crippen LogP contribution in [-0.2, 0) is 0 Å². The highest BCUT2D eigenvalue weighted by Gasteiger charge is 2.62. The maximum atomic E-state index is 11.1. The summed E-state index contributed by atoms with van der Waals surface area (Å²) in [4.78, 5) is 0. The minimum atomic E-state index is -0.670. The van der Waals surface area contributed by atoms with Crippen molar-refractivity contribution < 1.29 is 10.2 Å². The van der Waals surface area contributed by atoms with Crippen molar-refractivity contribution in [2.45, 2.75) is 76.9 Å². The van der Waals surface area contributed by atoms with Gasteiger partial charge in [-0.2, -0.15) is 0 Å². The van der Waals surface area contributed by atoms with Gasteiger partial charge in [-0.25, -0.2) is 0 Å². The summed E-state index contributed by atoms with van der Waals surface area (Å²) in [6.45, 7) is 8.72. The average molecular weight is 316 g/mol. The van der Waals surface area contributed by atoms with E-state index in [-0.39, 0.29) is 11.5 Å². The molecular formula is C21H32O2. The molecule has 23 heavy (non-hydrogen) atoms. The zero-order chi connectivity index (χ0) is 16.5. The van der Waals surface area contributed by atoms with Crippen LogP contribution >= 0.6 is 0 Å². The summed E-state index contributed by atoms with van der Waals surface area (Å²) < 4.78 is 0. The Bertz CT molecular complexity index is 552. The normalized spacial score (nSPS) is 55.4. The molecule has 4 aliphatic carbocycles. The zero-order valence-corrected chi connectivity index (χ0v) is 14.7. The van der Waals surface area contributed by atoms with E-state index in [0.717, 1.165) is 50.9 Å². The number of hydrogen-bond donors (Lipinski definition) is 2. The largest absolute Gasteiger partial charge is 0.393 e. The Hall–Kier alpha value is -0.600. The lowest BCUT2D eigenvalue weighted by atomic mass is 9.47. The van der Waals surface area contributed by atoms with E-state index in [1.54, 1.807) is 0 Å². The quantitative estimate of drug-likeness (QED) is 0.711. The van der Waals surface area contributed by atoms with Crippen LogP contribution in [0.1, 0.15) is 65.2 Å². The van der Waals surface area contributed by atoms with Crippen molar-refractivity contribution in [2.75, 3.05) is 0 Å². The van der Waals surface area contributed by atoms with E-state index in [1.165, 1.54) is 12.0 Å². The van der Waals surface area contributed by atoms with Gasteiger partial charge in [-0.1, -0.05) is 31.6 Å². The molecule has 0 heterocycles. The summed E-state index contributed by atoms with van der Waals surface area (Å²) in [5, 5.41) is 21.2. The first-order valence-corrected chi connectivity index (χ1v) is 9.58. The molecule has 2 heteroatoms. The van der Waals surface area contributed by atoms with Crippen LogP contribution in [0.5, 0.6) is 0 Å². The molecule has 0 aromatic rings. The van der Waals surface area contributed by atoms with Crippen molar-refractivity contribution in [3.63, 3.8) is 0 Å². The zero-order valence-electron chi connectivity index (χ0n) is 14.7. The Morgan fingerprint density at radius 1 is 1.13 bits per heavy atom. The van der Waals surface area contributed by atoms with Gasteiger partial charge in [0.1, 0.15) is 0 Å². The molecule has 7 atom stereocenters. The van der Waals surface area contributed by atoms with Gasteiger partial charge in [0.05, 0.1) is 11.7 Å². The van der Waals surface area contributed by atoms with Gasteiger partial charge >= 0.3 is 0 Å². The van der Waals surface area contributed by atoms with Crippen LogP contribution < -0.4 is 0 Å². The van der Waals surface area contributed by atoms with E-state index in [0.29, 0.717) is 17.3 Å². The first-order chi connectivity index (χ1) is 10.8. The first-order valence-electron chi connectivity index (χ1n) is 9.58. The molecular weight excluding hydrogens is 284 g/mol. The molecule has 128 valence electrons. The van der Waals surface area contributed by atoms with Gasteiger partial charge in [-0.15, -0.1) is 6.58 Å². The third-order valence-electron chi connectivity index (χ3n) is 8.63. The number of aliphatic hydroxyl groups excluding tert-OH is 1. The van der Waals surface area contributed by atoms with Crippen LogP contribution in [0.3, 0.4) is 0 Å². The minimum absolute atomic E-state index is 0.00575. The Kier molecular flexibility index (Phi) is 3.42. The number of allylic oxidation sites excluding steroid dienone is 1. The van der Waals surface area contributed by atoms with Crippen LogP contribution in [0, 0.1) is 28.6 Å². The van der Waals surface area contributed by atoms with E-state index in [9.17, 15) is 10.2 Å². The van der Waals surface area contributed by atoms with Gasteiger partial charge in [0, 0.05) is 5.41 Å². The number of hydrogen-bond acceptors (Lipinski definition) is 2. The third kappa shape index (κ3) is 1.94. The lowest BCUT2D eigenvalue weighted by Crippen LogP contribution is -2.54. The second-order valence-electron chi connectivity index (χ2n) is 9.28. The molecule has 3 fully saturated rings. The van der Waals surface area contributed by atoms with Gasteiger partial charge in [-0.3, -0.25) is 0 Å². The fraction of sp³-hybridized carbons (Fsp3) is 0.810. The van der Waals surface area contributed by atoms with Crippen molar-refractivity contribution in [2.24, 2.45) is 28.6 Å². The maximum absolute atomic E-state index is 11.1. The highest BCUT2D eigenvalue weighted by atomic mass is 16.3. The summed E-state index contributed by atoms with van der Waals surface area (Å²) in [5.74, 6) is 2.05. The molecule has 3 saturated carbocycles. The second-order valence-corrected chi connectivity index (χ2v) is 9.28. The van der Waals surface area contributed by atoms with Crippen molar-refractivity contribution in [1.29, 1.82) is 0 Å². The molecule has 0 amide bonds. The van der Waals surface area contributed by atoms with Gasteiger partial charge < -0.3 is 10.2 Å². The lowest BCUT2D eigenvalue weighted by Gasteiger charge is -2.58. The van der Waals surface area contributed by atoms with E-state index >= 15 is 0 Å². The first kappa shape index (κ1) is 15.9. The average Bonchev–Trinajstić information content (AvgIpc) is 2.80. The van der Waals surface area contributed by atoms with Crippen LogP contribution in [0.25, 0.3) is 0 Å². The summed E-state index contributed by atoms with van der Waals surface area (Å²) >= 11 is 0. The molecule has 0 radical (unpaired) electrons. The van der Waals surface area contributed by atoms with Crippen LogP contribution in [0.2, 0.25) is 0 Å². The number of fused-ring (bicyclic) bond motifs is 5. The molecule has 0 saturated heterocycles. The van der Waals surface area contributed by atoms with Crippen LogP contribution in [-0.4, -0.2) is 21.9 Å². The Balaban J connectivity index is 1.69. The van der Waals surface area contributed by atoms with E-state index in [1.807, 2.05) is 6.08 Å². The maximum Gasteiger partial charge on any atom is 0.0881 e. The highest BCUT2D eigenvalue weighted by Crippen LogP contribution is 2.67. The van der Waals surface area contributed by atoms with Crippen molar-refractivity contribution in [1.82, 2.24) is 0 Å². The standard InChI is InChI=1S/C21H32O2/c1-4-21(23)12-9-18-16-6-5-14-13-15(22)7-10-19(14,2)17(16)8-11-20(18,21)3/h4-5,15-18,22-23H,1,6-13H2,2-3H3/t15?,16-,17-,18+,19+,20+,21?/m1/s1. The molecule has 0 aromatic carbocycles. The SMILES string of the molecule is C=CC1(O)CC[C@H]2[C@@H]3CC=C4CC(O)CC[C@]4(C)[C@@H]3CC[C@@]21C. The molecule has 0 aliphatic heterocycles. The Labute approximate surface area is 140 Å². The predicted octanol–water partition coefficient (Wildman–Crippen LogP) is 4.23. The predicted molar refractivity (Wildman–Crippen MR) is 92.9 cm³/mol. The smallest absolute Gasteiger partial charge is 0.0881 e. The van der Waals surface area contributed by atoms with E-state index in [2.05, 4.69) is 26.5 Å². The van der Waals surface area contributed by atoms with Gasteiger partial charge in [0.25, 0.3) is 0 Å². The van der Waals surface area contributed by atoms with E-state index in [4.69, 9.17) is 0 Å². The lowest BCUT2D eigenvalue weighted by molar-refractivity contribution is -0.101. The summed E-state index contributed by atoms with van der Waals surface area (Å²) in [7, 11) is 0. The summed E-state index contributed by atoms with van der Waals surface area (Å²) in [6.07, 6.45) is 12.6. The summed E-state index contributed by atoms with van der Waals surface area (Å²) in [6, 6.07) is 0. The molecule has 4 rings (SSSR count). The number of aliphatic hydroxyl groups is 2. The van der Waals surface area contributed by atoms with Gasteiger partial charge in [-0.05, 0) is 74.5 Å². The highest BCUT2D eigenvalue weighted by molar-refractivity contribution is 5.27. The van der Waals surface area contributed by atoms with Crippen LogP contribution in [0.4, 0.5) is 0 Å². The molecule has 4 aliphatic rings. The Morgan fingerprint density at radius 3 is 2.61 bits per heavy atom. The van der Waals surface area contributed by atoms with Crippen molar-refractivity contribution >= 4 is 0 Å². The van der Waals surface area contributed by atoms with Gasteiger partial charge in [0.15, 0.2) is 0 Å².